The SMILES string of the molecule is C#Cc1c(F)ccc2cccc(-c3ncc4c(N5CC6CCC(C5)N6)nc(OC[C@@]56CCCN5[C@H](CNC)CC6)nc4c3F)c12. The smallest absolute Gasteiger partial charge is 0.319 e. The Bertz CT molecular complexity index is 1830. The first-order valence-corrected chi connectivity index (χ1v) is 16.1. The maximum absolute atomic E-state index is 16.8. The standard InChI is InChI=1S/C35H37F2N7O/c1-3-25-28(36)11-8-21-6-4-7-26(29(21)25)31-30(37)32-27(17-39-31)33(43-18-22-9-10-23(19-43)40-22)42-34(41-32)45-20-35-13-5-15-44(35)24(12-14-35)16-38-2/h1,4,6-8,11,17,22-24,38,40H,5,9-10,12-16,18-20H2,2H3/t22?,23?,24-,35-/m0/s1. The van der Waals surface area contributed by atoms with Crippen LogP contribution in [-0.4, -0.2) is 83.3 Å². The number of likely N-dealkylation sites (N-methyl/N-ethyl adjacent to an activating group) is 1. The molecule has 4 aromatic rings. The van der Waals surface area contributed by atoms with Crippen molar-refractivity contribution in [1.82, 2.24) is 30.5 Å². The minimum atomic E-state index is -0.602. The molecule has 0 saturated carbocycles. The van der Waals surface area contributed by atoms with E-state index in [0.29, 0.717) is 52.3 Å². The van der Waals surface area contributed by atoms with E-state index in [1.165, 1.54) is 6.07 Å². The third-order valence-electron chi connectivity index (χ3n) is 10.5. The first-order chi connectivity index (χ1) is 22.0. The molecule has 4 aliphatic rings. The predicted octanol–water partition coefficient (Wildman–Crippen LogP) is 4.64. The third kappa shape index (κ3) is 4.71. The second-order valence-corrected chi connectivity index (χ2v) is 13.1. The zero-order valence-electron chi connectivity index (χ0n) is 25.5. The fraction of sp³-hybridized carbons (Fsp3) is 0.457. The minimum absolute atomic E-state index is 0.0608. The van der Waals surface area contributed by atoms with E-state index < -0.39 is 11.6 Å². The molecule has 0 spiro atoms. The number of terminal acetylenes is 1. The van der Waals surface area contributed by atoms with Crippen molar-refractivity contribution in [2.45, 2.75) is 62.2 Å². The Balaban J connectivity index is 1.23. The molecule has 232 valence electrons. The predicted molar refractivity (Wildman–Crippen MR) is 171 cm³/mol. The molecule has 10 heteroatoms. The van der Waals surface area contributed by atoms with Gasteiger partial charge in [-0.05, 0) is 63.6 Å². The first-order valence-electron chi connectivity index (χ1n) is 16.1. The van der Waals surface area contributed by atoms with E-state index in [2.05, 4.69) is 31.3 Å². The van der Waals surface area contributed by atoms with Crippen LogP contribution in [0.5, 0.6) is 6.01 Å². The number of aromatic nitrogens is 3. The molecule has 0 amide bonds. The molecular weight excluding hydrogens is 572 g/mol. The normalized spacial score (nSPS) is 26.1. The maximum Gasteiger partial charge on any atom is 0.319 e. The molecule has 2 aromatic heterocycles. The highest BCUT2D eigenvalue weighted by molar-refractivity contribution is 6.02. The Morgan fingerprint density at radius 2 is 1.96 bits per heavy atom. The molecule has 4 fully saturated rings. The van der Waals surface area contributed by atoms with Crippen molar-refractivity contribution < 1.29 is 13.5 Å². The summed E-state index contributed by atoms with van der Waals surface area (Å²) in [5.41, 5.74) is 0.652. The lowest BCUT2D eigenvalue weighted by Gasteiger charge is -2.35. The first kappa shape index (κ1) is 28.6. The highest BCUT2D eigenvalue weighted by Crippen LogP contribution is 2.43. The minimum Gasteiger partial charge on any atom is -0.461 e. The van der Waals surface area contributed by atoms with Gasteiger partial charge in [0.1, 0.15) is 29.5 Å². The van der Waals surface area contributed by atoms with E-state index >= 15 is 4.39 Å². The number of rotatable bonds is 7. The average Bonchev–Trinajstić information content (AvgIpc) is 3.73. The van der Waals surface area contributed by atoms with Crippen molar-refractivity contribution >= 4 is 27.5 Å². The Morgan fingerprint density at radius 1 is 1.11 bits per heavy atom. The Labute approximate surface area is 261 Å². The summed E-state index contributed by atoms with van der Waals surface area (Å²) in [5, 5.41) is 8.70. The molecule has 8 rings (SSSR count). The number of hydrogen-bond donors (Lipinski definition) is 2. The summed E-state index contributed by atoms with van der Waals surface area (Å²) in [4.78, 5) is 19.0. The molecule has 2 unspecified atom stereocenters. The molecular formula is C35H37F2N7O. The summed E-state index contributed by atoms with van der Waals surface area (Å²) in [6.45, 7) is 3.99. The molecule has 2 aromatic carbocycles. The van der Waals surface area contributed by atoms with Gasteiger partial charge in [-0.3, -0.25) is 9.88 Å². The van der Waals surface area contributed by atoms with E-state index in [4.69, 9.17) is 21.1 Å². The quantitative estimate of drug-likeness (QED) is 0.294. The molecule has 0 aliphatic carbocycles. The maximum atomic E-state index is 16.8. The van der Waals surface area contributed by atoms with Crippen molar-refractivity contribution in [3.63, 3.8) is 0 Å². The second kappa shape index (κ2) is 11.2. The van der Waals surface area contributed by atoms with Gasteiger partial charge in [0.15, 0.2) is 5.82 Å². The molecule has 0 radical (unpaired) electrons. The molecule has 4 aliphatic heterocycles. The number of pyridine rings is 1. The number of hydrogen-bond acceptors (Lipinski definition) is 8. The summed E-state index contributed by atoms with van der Waals surface area (Å²) in [7, 11) is 2.00. The van der Waals surface area contributed by atoms with Crippen LogP contribution < -0.4 is 20.3 Å². The van der Waals surface area contributed by atoms with Gasteiger partial charge in [0.25, 0.3) is 0 Å². The Morgan fingerprint density at radius 3 is 2.76 bits per heavy atom. The number of piperazine rings is 1. The van der Waals surface area contributed by atoms with Gasteiger partial charge in [-0.15, -0.1) is 6.42 Å². The zero-order valence-corrected chi connectivity index (χ0v) is 25.5. The largest absolute Gasteiger partial charge is 0.461 e. The monoisotopic (exact) mass is 609 g/mol. The molecule has 45 heavy (non-hydrogen) atoms. The van der Waals surface area contributed by atoms with Gasteiger partial charge in [-0.1, -0.05) is 30.2 Å². The van der Waals surface area contributed by atoms with E-state index in [-0.39, 0.29) is 28.3 Å². The lowest BCUT2D eigenvalue weighted by atomic mass is 9.95. The zero-order chi connectivity index (χ0) is 30.7. The van der Waals surface area contributed by atoms with E-state index in [9.17, 15) is 4.39 Å². The number of fused-ring (bicyclic) bond motifs is 5. The van der Waals surface area contributed by atoms with Crippen molar-refractivity contribution in [2.24, 2.45) is 0 Å². The van der Waals surface area contributed by atoms with Crippen molar-refractivity contribution in [3.8, 4) is 29.6 Å². The summed E-state index contributed by atoms with van der Waals surface area (Å²) < 4.78 is 38.1. The molecule has 4 saturated heterocycles. The summed E-state index contributed by atoms with van der Waals surface area (Å²) in [6.07, 6.45) is 13.9. The van der Waals surface area contributed by atoms with Crippen LogP contribution in [0.3, 0.4) is 0 Å². The Hall–Kier alpha value is -3.91. The van der Waals surface area contributed by atoms with Crippen LogP contribution in [-0.2, 0) is 0 Å². The number of anilines is 1. The van der Waals surface area contributed by atoms with Crippen LogP contribution in [0.15, 0.2) is 36.5 Å². The number of nitrogens with zero attached hydrogens (tertiary/aromatic N) is 5. The van der Waals surface area contributed by atoms with Gasteiger partial charge in [-0.2, -0.15) is 9.97 Å². The second-order valence-electron chi connectivity index (χ2n) is 13.1. The topological polar surface area (TPSA) is 78.4 Å². The van der Waals surface area contributed by atoms with Crippen LogP contribution in [0.4, 0.5) is 14.6 Å². The highest BCUT2D eigenvalue weighted by Gasteiger charge is 2.49. The van der Waals surface area contributed by atoms with Crippen LogP contribution >= 0.6 is 0 Å². The highest BCUT2D eigenvalue weighted by atomic mass is 19.1. The molecule has 4 atom stereocenters. The lowest BCUT2D eigenvalue weighted by molar-refractivity contribution is 0.0848. The van der Waals surface area contributed by atoms with Crippen LogP contribution in [0, 0.1) is 24.0 Å². The lowest BCUT2D eigenvalue weighted by Crippen LogP contribution is -2.51. The summed E-state index contributed by atoms with van der Waals surface area (Å²) in [6, 6.07) is 9.71. The number of nitrogens with one attached hydrogen (secondary N) is 2. The van der Waals surface area contributed by atoms with Crippen molar-refractivity contribution in [1.29, 1.82) is 0 Å². The molecule has 2 bridgehead atoms. The van der Waals surface area contributed by atoms with Crippen molar-refractivity contribution in [3.05, 3.63) is 53.7 Å². The molecule has 2 N–H and O–H groups in total. The van der Waals surface area contributed by atoms with E-state index in [0.717, 1.165) is 64.7 Å². The van der Waals surface area contributed by atoms with Gasteiger partial charge < -0.3 is 20.3 Å². The molecule has 8 nitrogen and oxygen atoms in total. The van der Waals surface area contributed by atoms with Gasteiger partial charge in [0, 0.05) is 54.9 Å². The van der Waals surface area contributed by atoms with Gasteiger partial charge in [0.05, 0.1) is 16.5 Å². The van der Waals surface area contributed by atoms with Gasteiger partial charge in [0.2, 0.25) is 0 Å². The van der Waals surface area contributed by atoms with Gasteiger partial charge >= 0.3 is 6.01 Å². The average molecular weight is 610 g/mol. The van der Waals surface area contributed by atoms with Crippen LogP contribution in [0.2, 0.25) is 0 Å². The van der Waals surface area contributed by atoms with Crippen LogP contribution in [0.25, 0.3) is 32.9 Å². The fourth-order valence-electron chi connectivity index (χ4n) is 8.44. The van der Waals surface area contributed by atoms with Crippen LogP contribution in [0.1, 0.15) is 44.1 Å². The fourth-order valence-corrected chi connectivity index (χ4v) is 8.44. The Kier molecular flexibility index (Phi) is 7.08. The van der Waals surface area contributed by atoms with Crippen molar-refractivity contribution in [2.75, 3.05) is 44.7 Å². The van der Waals surface area contributed by atoms with E-state index in [1.807, 2.05) is 13.1 Å². The van der Waals surface area contributed by atoms with E-state index in [1.54, 1.807) is 24.4 Å². The van der Waals surface area contributed by atoms with Gasteiger partial charge in [-0.25, -0.2) is 8.78 Å². The summed E-state index contributed by atoms with van der Waals surface area (Å²) in [5.74, 6) is 1.97. The number of halogens is 2. The third-order valence-corrected chi connectivity index (χ3v) is 10.5. The number of benzene rings is 2. The molecule has 6 heterocycles. The summed E-state index contributed by atoms with van der Waals surface area (Å²) >= 11 is 0. The number of ether oxygens (including phenoxy) is 1.